The number of nitrogen functional groups attached to an aromatic ring is 1. The predicted molar refractivity (Wildman–Crippen MR) is 91.1 cm³/mol. The molecule has 0 radical (unpaired) electrons. The summed E-state index contributed by atoms with van der Waals surface area (Å²) in [6.07, 6.45) is 0. The maximum atomic E-state index is 12.7. The number of nitro groups is 1. The van der Waals surface area contributed by atoms with Crippen molar-refractivity contribution in [1.29, 1.82) is 0 Å². The summed E-state index contributed by atoms with van der Waals surface area (Å²) in [5.41, 5.74) is 1.94. The Hall–Kier alpha value is -3.69. The van der Waals surface area contributed by atoms with E-state index in [1.54, 1.807) is 18.2 Å². The molecule has 0 saturated carbocycles. The van der Waals surface area contributed by atoms with Gasteiger partial charge in [0.05, 0.1) is 10.6 Å². The van der Waals surface area contributed by atoms with E-state index in [9.17, 15) is 24.5 Å². The van der Waals surface area contributed by atoms with Crippen LogP contribution in [0.5, 0.6) is 0 Å². The number of aromatic nitrogens is 3. The lowest BCUT2D eigenvalue weighted by atomic mass is 10.2. The summed E-state index contributed by atoms with van der Waals surface area (Å²) >= 11 is 0. The second kappa shape index (κ2) is 5.44. The van der Waals surface area contributed by atoms with Gasteiger partial charge in [-0.2, -0.15) is 0 Å². The first-order valence-electron chi connectivity index (χ1n) is 7.11. The summed E-state index contributed by atoms with van der Waals surface area (Å²) in [5.74, 6) is 0. The Labute approximate surface area is 139 Å². The van der Waals surface area contributed by atoms with Gasteiger partial charge in [0.15, 0.2) is 0 Å². The van der Waals surface area contributed by atoms with Crippen LogP contribution in [0.4, 0.5) is 11.4 Å². The van der Waals surface area contributed by atoms with E-state index in [0.29, 0.717) is 0 Å². The van der Waals surface area contributed by atoms with Crippen molar-refractivity contribution in [2.24, 2.45) is 14.1 Å². The van der Waals surface area contributed by atoms with Gasteiger partial charge < -0.3 is 5.73 Å². The predicted octanol–water partition coefficient (Wildman–Crippen LogP) is -0.121. The Bertz CT molecular complexity index is 1200. The van der Waals surface area contributed by atoms with Crippen molar-refractivity contribution in [3.05, 3.63) is 71.6 Å². The fourth-order valence-corrected chi connectivity index (χ4v) is 2.76. The number of hydrogen-bond acceptors (Lipinski definition) is 6. The lowest BCUT2D eigenvalue weighted by Crippen LogP contribution is -2.40. The molecule has 10 heteroatoms. The third kappa shape index (κ3) is 2.15. The average Bonchev–Trinajstić information content (AvgIpc) is 2.58. The van der Waals surface area contributed by atoms with Crippen LogP contribution in [0, 0.1) is 10.1 Å². The summed E-state index contributed by atoms with van der Waals surface area (Å²) in [6.45, 7) is 0. The number of benzene rings is 1. The fraction of sp³-hybridized carbons (Fsp3) is 0.133. The van der Waals surface area contributed by atoms with E-state index in [2.05, 4.69) is 0 Å². The Balaban J connectivity index is 2.78. The minimum atomic E-state index is -1.02. The van der Waals surface area contributed by atoms with Crippen LogP contribution >= 0.6 is 0 Å². The molecule has 0 aliphatic rings. The number of hydrogen-bond donors (Lipinski definition) is 1. The lowest BCUT2D eigenvalue weighted by molar-refractivity contribution is -0.385. The van der Waals surface area contributed by atoms with Crippen LogP contribution in [0.1, 0.15) is 0 Å². The first-order chi connectivity index (χ1) is 11.8. The molecule has 128 valence electrons. The van der Waals surface area contributed by atoms with Crippen molar-refractivity contribution < 1.29 is 4.92 Å². The normalized spacial score (nSPS) is 11.0. The monoisotopic (exact) mass is 343 g/mol. The van der Waals surface area contributed by atoms with Gasteiger partial charge in [-0.25, -0.2) is 4.79 Å². The number of fused-ring (bicyclic) bond motifs is 1. The fourth-order valence-electron chi connectivity index (χ4n) is 2.76. The average molecular weight is 343 g/mol. The highest BCUT2D eigenvalue weighted by atomic mass is 16.6. The molecule has 3 rings (SSSR count). The molecule has 0 saturated heterocycles. The summed E-state index contributed by atoms with van der Waals surface area (Å²) < 4.78 is 2.79. The van der Waals surface area contributed by atoms with Gasteiger partial charge in [-0.3, -0.25) is 33.4 Å². The highest BCUT2D eigenvalue weighted by Crippen LogP contribution is 2.25. The molecule has 0 aliphatic carbocycles. The Kier molecular flexibility index (Phi) is 3.52. The molecular formula is C15H13N5O5. The van der Waals surface area contributed by atoms with E-state index < -0.39 is 33.1 Å². The molecule has 0 fully saturated rings. The second-order valence-electron chi connectivity index (χ2n) is 5.40. The van der Waals surface area contributed by atoms with Gasteiger partial charge in [-0.1, -0.05) is 18.2 Å². The molecule has 2 N–H and O–H groups in total. The number of anilines is 1. The van der Waals surface area contributed by atoms with Crippen LogP contribution < -0.4 is 22.5 Å². The molecule has 0 amide bonds. The van der Waals surface area contributed by atoms with E-state index in [1.807, 2.05) is 0 Å². The number of nitrogens with two attached hydrogens (primary N) is 1. The van der Waals surface area contributed by atoms with Crippen LogP contribution in [0.2, 0.25) is 0 Å². The molecule has 0 aliphatic heterocycles. The maximum Gasteiger partial charge on any atom is 0.358 e. The van der Waals surface area contributed by atoms with Crippen LogP contribution in [0.25, 0.3) is 16.7 Å². The van der Waals surface area contributed by atoms with Gasteiger partial charge in [0.2, 0.25) is 0 Å². The number of pyridine rings is 1. The molecule has 10 nitrogen and oxygen atoms in total. The Morgan fingerprint density at radius 2 is 1.60 bits per heavy atom. The SMILES string of the molecule is Cn1c(=O)c2c(N)c([N+](=O)[O-])c(=O)n(-c3ccccc3)c2n(C)c1=O. The molecule has 0 atom stereocenters. The van der Waals surface area contributed by atoms with Crippen molar-refractivity contribution in [1.82, 2.24) is 13.7 Å². The molecule has 0 unspecified atom stereocenters. The first kappa shape index (κ1) is 16.2. The van der Waals surface area contributed by atoms with E-state index in [4.69, 9.17) is 5.73 Å². The zero-order valence-corrected chi connectivity index (χ0v) is 13.3. The van der Waals surface area contributed by atoms with Crippen molar-refractivity contribution in [3.63, 3.8) is 0 Å². The Morgan fingerprint density at radius 3 is 2.16 bits per heavy atom. The first-order valence-corrected chi connectivity index (χ1v) is 7.11. The molecule has 2 aromatic heterocycles. The maximum absolute atomic E-state index is 12.7. The van der Waals surface area contributed by atoms with E-state index >= 15 is 0 Å². The van der Waals surface area contributed by atoms with Crippen molar-refractivity contribution in [3.8, 4) is 5.69 Å². The van der Waals surface area contributed by atoms with E-state index in [0.717, 1.165) is 13.7 Å². The largest absolute Gasteiger partial charge is 0.392 e. The highest BCUT2D eigenvalue weighted by Gasteiger charge is 2.28. The molecule has 0 spiro atoms. The molecule has 0 bridgehead atoms. The standard InChI is InChI=1S/C15H13N5O5/c1-17-12-9(13(21)18(2)15(17)23)10(16)11(20(24)25)14(22)19(12)8-6-4-3-5-7-8/h3-7H,16H2,1-2H3. The Morgan fingerprint density at radius 1 is 1.00 bits per heavy atom. The van der Waals surface area contributed by atoms with Crippen LogP contribution in [-0.4, -0.2) is 18.6 Å². The van der Waals surface area contributed by atoms with Gasteiger partial charge in [0.25, 0.3) is 5.56 Å². The molecule has 2 heterocycles. The third-order valence-electron chi connectivity index (χ3n) is 3.97. The summed E-state index contributed by atoms with van der Waals surface area (Å²) in [6, 6.07) is 8.00. The van der Waals surface area contributed by atoms with Crippen LogP contribution in [0.15, 0.2) is 44.7 Å². The minimum absolute atomic E-state index is 0.104. The van der Waals surface area contributed by atoms with Crippen LogP contribution in [0.3, 0.4) is 0 Å². The third-order valence-corrected chi connectivity index (χ3v) is 3.97. The van der Waals surface area contributed by atoms with Gasteiger partial charge in [-0.05, 0) is 12.1 Å². The molecule has 25 heavy (non-hydrogen) atoms. The van der Waals surface area contributed by atoms with Crippen molar-refractivity contribution in [2.75, 3.05) is 5.73 Å². The number of aryl methyl sites for hydroxylation is 1. The van der Waals surface area contributed by atoms with Gasteiger partial charge in [0.1, 0.15) is 16.7 Å². The van der Waals surface area contributed by atoms with Gasteiger partial charge in [-0.15, -0.1) is 0 Å². The highest BCUT2D eigenvalue weighted by molar-refractivity contribution is 5.93. The number of nitrogens with zero attached hydrogens (tertiary/aromatic N) is 4. The minimum Gasteiger partial charge on any atom is -0.392 e. The summed E-state index contributed by atoms with van der Waals surface area (Å²) in [7, 11) is 2.58. The summed E-state index contributed by atoms with van der Waals surface area (Å²) in [4.78, 5) is 47.9. The van der Waals surface area contributed by atoms with Crippen molar-refractivity contribution >= 4 is 22.4 Å². The molecule has 3 aromatic rings. The topological polar surface area (TPSA) is 135 Å². The zero-order valence-electron chi connectivity index (χ0n) is 13.3. The lowest BCUT2D eigenvalue weighted by Gasteiger charge is -2.15. The molecule has 1 aromatic carbocycles. The quantitative estimate of drug-likeness (QED) is 0.509. The second-order valence-corrected chi connectivity index (χ2v) is 5.40. The van der Waals surface area contributed by atoms with Crippen molar-refractivity contribution in [2.45, 2.75) is 0 Å². The van der Waals surface area contributed by atoms with E-state index in [1.165, 1.54) is 26.2 Å². The smallest absolute Gasteiger partial charge is 0.358 e. The zero-order chi connectivity index (χ0) is 18.5. The van der Waals surface area contributed by atoms with Crippen LogP contribution in [-0.2, 0) is 14.1 Å². The van der Waals surface area contributed by atoms with E-state index in [-0.39, 0.29) is 16.7 Å². The summed E-state index contributed by atoms with van der Waals surface area (Å²) in [5, 5.41) is 11.1. The molecular weight excluding hydrogens is 330 g/mol. The van der Waals surface area contributed by atoms with Gasteiger partial charge >= 0.3 is 16.9 Å². The number of para-hydroxylation sites is 1. The number of rotatable bonds is 2. The van der Waals surface area contributed by atoms with Gasteiger partial charge in [0, 0.05) is 14.1 Å².